The molecule has 1 aliphatic rings. The summed E-state index contributed by atoms with van der Waals surface area (Å²) in [5, 5.41) is 16.9. The van der Waals surface area contributed by atoms with Crippen molar-refractivity contribution in [2.45, 2.75) is 53.4 Å². The third-order valence-electron chi connectivity index (χ3n) is 4.47. The molecule has 0 saturated carbocycles. The van der Waals surface area contributed by atoms with Crippen LogP contribution in [0.5, 0.6) is 0 Å². The fourth-order valence-corrected chi connectivity index (χ4v) is 3.68. The van der Waals surface area contributed by atoms with Gasteiger partial charge in [0, 0.05) is 19.6 Å². The zero-order valence-corrected chi connectivity index (χ0v) is 17.6. The fourth-order valence-electron chi connectivity index (χ4n) is 3.33. The summed E-state index contributed by atoms with van der Waals surface area (Å²) in [5.41, 5.74) is 1.45. The number of carbonyl (C=O) groups is 1. The predicted molar refractivity (Wildman–Crippen MR) is 107 cm³/mol. The molecule has 2 N–H and O–H groups in total. The SMILES string of the molecule is C[C@@H]1CN(c2c(CO)nc3c(C(=O)NCC(C)(C)C)noc3c2Cl)C[C@H](C)O1. The number of pyridine rings is 1. The summed E-state index contributed by atoms with van der Waals surface area (Å²) in [6.07, 6.45) is 0.0195. The Balaban J connectivity index is 2.00. The molecular formula is C19H27ClN4O4. The smallest absolute Gasteiger partial charge is 0.275 e. The Hall–Kier alpha value is -1.90. The molecule has 1 aliphatic heterocycles. The minimum absolute atomic E-state index is 0.00974. The number of amides is 1. The molecule has 0 aliphatic carbocycles. The highest BCUT2D eigenvalue weighted by Crippen LogP contribution is 2.37. The summed E-state index contributed by atoms with van der Waals surface area (Å²) in [6.45, 7) is 11.4. The fraction of sp³-hybridized carbons (Fsp3) is 0.632. The molecule has 0 aromatic carbocycles. The van der Waals surface area contributed by atoms with E-state index in [1.807, 2.05) is 39.5 Å². The van der Waals surface area contributed by atoms with Gasteiger partial charge in [-0.05, 0) is 19.3 Å². The first kappa shape index (κ1) is 20.8. The molecule has 3 heterocycles. The number of aliphatic hydroxyl groups excluding tert-OH is 1. The number of halogens is 1. The highest BCUT2D eigenvalue weighted by molar-refractivity contribution is 6.37. The lowest BCUT2D eigenvalue weighted by molar-refractivity contribution is -0.00533. The topological polar surface area (TPSA) is 101 Å². The molecular weight excluding hydrogens is 384 g/mol. The third-order valence-corrected chi connectivity index (χ3v) is 4.83. The molecule has 3 rings (SSSR count). The lowest BCUT2D eigenvalue weighted by Crippen LogP contribution is -2.46. The zero-order chi connectivity index (χ0) is 20.6. The van der Waals surface area contributed by atoms with Crippen molar-refractivity contribution in [2.75, 3.05) is 24.5 Å². The van der Waals surface area contributed by atoms with Crippen LogP contribution in [-0.4, -0.2) is 53.0 Å². The normalized spacial score (nSPS) is 20.6. The first-order chi connectivity index (χ1) is 13.1. The van der Waals surface area contributed by atoms with Gasteiger partial charge in [-0.15, -0.1) is 0 Å². The number of nitrogens with one attached hydrogen (secondary N) is 1. The Kier molecular flexibility index (Phi) is 5.84. The molecule has 0 bridgehead atoms. The minimum Gasteiger partial charge on any atom is -0.390 e. The number of anilines is 1. The van der Waals surface area contributed by atoms with Gasteiger partial charge in [0.05, 0.1) is 30.2 Å². The number of hydrogen-bond acceptors (Lipinski definition) is 7. The van der Waals surface area contributed by atoms with Gasteiger partial charge in [-0.25, -0.2) is 4.98 Å². The van der Waals surface area contributed by atoms with E-state index in [0.29, 0.717) is 31.0 Å². The highest BCUT2D eigenvalue weighted by atomic mass is 35.5. The summed E-state index contributed by atoms with van der Waals surface area (Å²) >= 11 is 6.62. The molecule has 0 spiro atoms. The second-order valence-corrected chi connectivity index (χ2v) is 8.87. The number of hydrogen-bond donors (Lipinski definition) is 2. The standard InChI is InChI=1S/C19H27ClN4O4/c1-10-6-24(7-11(2)27-10)16-12(8-25)22-14-15(23-28-17(14)13(16)20)18(26)21-9-19(3,4)5/h10-11,25H,6-9H2,1-5H3,(H,21,26)/t10-,11+. The number of ether oxygens (including phenoxy) is 1. The van der Waals surface area contributed by atoms with Crippen LogP contribution in [0.1, 0.15) is 50.8 Å². The summed E-state index contributed by atoms with van der Waals surface area (Å²) in [6, 6.07) is 0. The molecule has 2 aromatic rings. The zero-order valence-electron chi connectivity index (χ0n) is 16.9. The summed E-state index contributed by atoms with van der Waals surface area (Å²) in [4.78, 5) is 19.0. The van der Waals surface area contributed by atoms with E-state index in [0.717, 1.165) is 0 Å². The number of carbonyl (C=O) groups excluding carboxylic acids is 1. The van der Waals surface area contributed by atoms with Gasteiger partial charge in [-0.1, -0.05) is 37.5 Å². The van der Waals surface area contributed by atoms with Crippen LogP contribution in [0.3, 0.4) is 0 Å². The van der Waals surface area contributed by atoms with Crippen LogP contribution in [0.4, 0.5) is 5.69 Å². The Morgan fingerprint density at radius 3 is 2.54 bits per heavy atom. The number of rotatable bonds is 4. The van der Waals surface area contributed by atoms with Gasteiger partial charge in [0.1, 0.15) is 10.5 Å². The lowest BCUT2D eigenvalue weighted by atomic mass is 9.97. The van der Waals surface area contributed by atoms with E-state index in [9.17, 15) is 9.90 Å². The van der Waals surface area contributed by atoms with Gasteiger partial charge < -0.3 is 24.6 Å². The van der Waals surface area contributed by atoms with E-state index in [2.05, 4.69) is 15.5 Å². The van der Waals surface area contributed by atoms with Crippen LogP contribution >= 0.6 is 11.6 Å². The second kappa shape index (κ2) is 7.85. The van der Waals surface area contributed by atoms with Crippen LogP contribution in [0.2, 0.25) is 5.02 Å². The maximum absolute atomic E-state index is 12.5. The summed E-state index contributed by atoms with van der Waals surface area (Å²) in [7, 11) is 0. The van der Waals surface area contributed by atoms with E-state index in [1.165, 1.54) is 0 Å². The molecule has 28 heavy (non-hydrogen) atoms. The Morgan fingerprint density at radius 2 is 1.96 bits per heavy atom. The number of morpholine rings is 1. The van der Waals surface area contributed by atoms with Gasteiger partial charge in [0.2, 0.25) is 5.58 Å². The first-order valence-corrected chi connectivity index (χ1v) is 9.75. The summed E-state index contributed by atoms with van der Waals surface area (Å²) in [5.74, 6) is -0.387. The molecule has 2 aromatic heterocycles. The number of nitrogens with zero attached hydrogens (tertiary/aromatic N) is 3. The number of aromatic nitrogens is 2. The second-order valence-electron chi connectivity index (χ2n) is 8.49. The van der Waals surface area contributed by atoms with Crippen LogP contribution in [-0.2, 0) is 11.3 Å². The van der Waals surface area contributed by atoms with Crippen molar-refractivity contribution in [3.05, 3.63) is 16.4 Å². The van der Waals surface area contributed by atoms with E-state index in [1.54, 1.807) is 0 Å². The van der Waals surface area contributed by atoms with Crippen LogP contribution in [0.15, 0.2) is 4.52 Å². The molecule has 0 unspecified atom stereocenters. The third kappa shape index (κ3) is 4.24. The van der Waals surface area contributed by atoms with E-state index >= 15 is 0 Å². The average molecular weight is 411 g/mol. The molecule has 8 nitrogen and oxygen atoms in total. The Labute approximate surface area is 169 Å². The largest absolute Gasteiger partial charge is 0.390 e. The van der Waals surface area contributed by atoms with Crippen LogP contribution < -0.4 is 10.2 Å². The lowest BCUT2D eigenvalue weighted by Gasteiger charge is -2.37. The molecule has 0 radical (unpaired) electrons. The van der Waals surface area contributed by atoms with Crippen LogP contribution in [0.25, 0.3) is 11.1 Å². The monoisotopic (exact) mass is 410 g/mol. The molecule has 2 atom stereocenters. The Bertz CT molecular complexity index is 867. The van der Waals surface area contributed by atoms with Crippen molar-refractivity contribution in [2.24, 2.45) is 5.41 Å². The predicted octanol–water partition coefficient (Wildman–Crippen LogP) is 2.76. The van der Waals surface area contributed by atoms with Crippen LogP contribution in [0, 0.1) is 5.41 Å². The molecule has 9 heteroatoms. The maximum Gasteiger partial charge on any atom is 0.275 e. The molecule has 1 fully saturated rings. The van der Waals surface area contributed by atoms with Gasteiger partial charge in [0.25, 0.3) is 5.91 Å². The van der Waals surface area contributed by atoms with Crippen molar-refractivity contribution >= 4 is 34.3 Å². The van der Waals surface area contributed by atoms with Gasteiger partial charge in [-0.3, -0.25) is 4.79 Å². The van der Waals surface area contributed by atoms with E-state index in [4.69, 9.17) is 20.9 Å². The maximum atomic E-state index is 12.5. The van der Waals surface area contributed by atoms with E-state index in [-0.39, 0.29) is 52.0 Å². The Morgan fingerprint density at radius 1 is 1.32 bits per heavy atom. The molecule has 1 saturated heterocycles. The van der Waals surface area contributed by atoms with E-state index < -0.39 is 0 Å². The quantitative estimate of drug-likeness (QED) is 0.799. The molecule has 1 amide bonds. The van der Waals surface area contributed by atoms with Crippen molar-refractivity contribution in [3.63, 3.8) is 0 Å². The first-order valence-electron chi connectivity index (χ1n) is 9.38. The van der Waals surface area contributed by atoms with Crippen molar-refractivity contribution in [3.8, 4) is 0 Å². The average Bonchev–Trinajstić information content (AvgIpc) is 3.02. The van der Waals surface area contributed by atoms with Crippen molar-refractivity contribution in [1.82, 2.24) is 15.5 Å². The van der Waals surface area contributed by atoms with Gasteiger partial charge >= 0.3 is 0 Å². The minimum atomic E-state index is -0.387. The van der Waals surface area contributed by atoms with Gasteiger partial charge in [0.15, 0.2) is 5.69 Å². The van der Waals surface area contributed by atoms with Crippen molar-refractivity contribution in [1.29, 1.82) is 0 Å². The van der Waals surface area contributed by atoms with Crippen molar-refractivity contribution < 1.29 is 19.2 Å². The number of fused-ring (bicyclic) bond motifs is 1. The molecule has 154 valence electrons. The number of aliphatic hydroxyl groups is 1. The highest BCUT2D eigenvalue weighted by Gasteiger charge is 2.30. The van der Waals surface area contributed by atoms with Gasteiger partial charge in [-0.2, -0.15) is 0 Å². The summed E-state index contributed by atoms with van der Waals surface area (Å²) < 4.78 is 11.1.